The molecule has 0 amide bonds. The average Bonchev–Trinajstić information content (AvgIpc) is 3.24. The zero-order valence-corrected chi connectivity index (χ0v) is 18.2. The first kappa shape index (κ1) is 20.1. The van der Waals surface area contributed by atoms with E-state index in [0.717, 1.165) is 10.6 Å². The summed E-state index contributed by atoms with van der Waals surface area (Å²) in [6.07, 6.45) is -0.521. The molecule has 2 aromatic carbocycles. The molecule has 1 fully saturated rings. The van der Waals surface area contributed by atoms with Crippen LogP contribution in [0.15, 0.2) is 74.3 Å². The number of aliphatic hydroxyl groups excluding tert-OH is 1. The number of ketones is 1. The van der Waals surface area contributed by atoms with E-state index in [0.29, 0.717) is 33.1 Å². The summed E-state index contributed by atoms with van der Waals surface area (Å²) in [6.45, 7) is 0. The van der Waals surface area contributed by atoms with Crippen LogP contribution in [0.2, 0.25) is 0 Å². The minimum Gasteiger partial charge on any atom is -0.506 e. The van der Waals surface area contributed by atoms with Crippen LogP contribution in [-0.2, 0) is 9.53 Å². The van der Waals surface area contributed by atoms with Crippen LogP contribution in [0.3, 0.4) is 0 Å². The van der Waals surface area contributed by atoms with Gasteiger partial charge in [-0.3, -0.25) is 9.59 Å². The maximum atomic E-state index is 13.6. The highest BCUT2D eigenvalue weighted by Crippen LogP contribution is 2.41. The van der Waals surface area contributed by atoms with Crippen LogP contribution >= 0.6 is 0 Å². The molecule has 2 aliphatic carbocycles. The lowest BCUT2D eigenvalue weighted by atomic mass is 9.75. The van der Waals surface area contributed by atoms with Crippen molar-refractivity contribution in [3.8, 4) is 17.1 Å². The molecule has 7 rings (SSSR count). The highest BCUT2D eigenvalue weighted by molar-refractivity contribution is 6.01. The first-order valence-electron chi connectivity index (χ1n) is 11.3. The van der Waals surface area contributed by atoms with Gasteiger partial charge in [0.15, 0.2) is 17.3 Å². The zero-order chi connectivity index (χ0) is 23.8. The molecule has 1 saturated carbocycles. The fourth-order valence-electron chi connectivity index (χ4n) is 5.36. The number of carbonyl (C=O) groups excluding carboxylic acids is 1. The van der Waals surface area contributed by atoms with Crippen LogP contribution < -0.4 is 16.1 Å². The molecule has 3 atom stereocenters. The molecule has 0 bridgehead atoms. The molecule has 7 nitrogen and oxygen atoms in total. The van der Waals surface area contributed by atoms with Crippen molar-refractivity contribution in [3.05, 3.63) is 87.1 Å². The van der Waals surface area contributed by atoms with Gasteiger partial charge in [-0.15, -0.1) is 0 Å². The Labute approximate surface area is 197 Å². The van der Waals surface area contributed by atoms with Crippen LogP contribution in [0.1, 0.15) is 17.9 Å². The van der Waals surface area contributed by atoms with Crippen molar-refractivity contribution in [2.75, 3.05) is 0 Å². The summed E-state index contributed by atoms with van der Waals surface area (Å²) in [4.78, 5) is 26.7. The Morgan fingerprint density at radius 1 is 0.886 bits per heavy atom. The molecule has 0 spiro atoms. The monoisotopic (exact) mass is 466 g/mol. The van der Waals surface area contributed by atoms with Gasteiger partial charge < -0.3 is 23.8 Å². The molecule has 3 aromatic rings. The maximum absolute atomic E-state index is 13.6. The topological polar surface area (TPSA) is 110 Å². The van der Waals surface area contributed by atoms with E-state index >= 15 is 0 Å². The standard InChI is InChI=1S/C28H18O7/c29-19-11-23-16(25(31)14-6-2-4-8-22(14)34-23)9-15(19)24-20(30)10-17-27-18(12-33-28(17)26(24)32)13-5-1-3-7-21(13)35-27/h1-9,11-12,20,24,28,30-31H,10H2. The minimum atomic E-state index is -1.17. The number of furan rings is 1. The Morgan fingerprint density at radius 3 is 2.40 bits per heavy atom. The lowest BCUT2D eigenvalue weighted by molar-refractivity contribution is -0.130. The van der Waals surface area contributed by atoms with Crippen molar-refractivity contribution in [2.24, 2.45) is 0 Å². The van der Waals surface area contributed by atoms with Gasteiger partial charge in [0.05, 0.1) is 34.5 Å². The fourth-order valence-corrected chi connectivity index (χ4v) is 5.36. The summed E-state index contributed by atoms with van der Waals surface area (Å²) < 4.78 is 17.7. The van der Waals surface area contributed by atoms with E-state index in [9.17, 15) is 19.8 Å². The lowest BCUT2D eigenvalue weighted by Gasteiger charge is -2.34. The third-order valence-electron chi connectivity index (χ3n) is 7.01. The molecule has 2 aliphatic heterocycles. The van der Waals surface area contributed by atoms with Crippen molar-refractivity contribution in [3.63, 3.8) is 0 Å². The predicted molar refractivity (Wildman–Crippen MR) is 127 cm³/mol. The summed E-state index contributed by atoms with van der Waals surface area (Å²) in [6, 6.07) is 17.1. The van der Waals surface area contributed by atoms with Crippen molar-refractivity contribution in [1.82, 2.24) is 0 Å². The van der Waals surface area contributed by atoms with Crippen molar-refractivity contribution in [1.29, 1.82) is 0 Å². The SMILES string of the molecule is O=C1C2OC=c3c(oc4ccccc34)=C2CC(O)C1c1cc2c(O)c3ccccc3oc-2cc1=O. The van der Waals surface area contributed by atoms with Gasteiger partial charge in [-0.05, 0) is 24.3 Å². The first-order chi connectivity index (χ1) is 17.0. The van der Waals surface area contributed by atoms with Gasteiger partial charge in [0, 0.05) is 29.0 Å². The van der Waals surface area contributed by atoms with Crippen molar-refractivity contribution >= 4 is 39.6 Å². The number of carbonyl (C=O) groups is 1. The number of para-hydroxylation sites is 2. The van der Waals surface area contributed by atoms with Crippen LogP contribution in [0.5, 0.6) is 5.75 Å². The number of Topliss-reactive ketones (excluding diaryl/α,β-unsaturated/α-hetero) is 1. The number of hydrogen-bond acceptors (Lipinski definition) is 7. The number of benzene rings is 3. The highest BCUT2D eigenvalue weighted by Gasteiger charge is 2.45. The molecule has 7 heteroatoms. The minimum absolute atomic E-state index is 0.0535. The van der Waals surface area contributed by atoms with E-state index in [2.05, 4.69) is 0 Å². The van der Waals surface area contributed by atoms with Gasteiger partial charge in [-0.2, -0.15) is 0 Å². The lowest BCUT2D eigenvalue weighted by Crippen LogP contribution is -2.48. The largest absolute Gasteiger partial charge is 0.506 e. The molecule has 0 radical (unpaired) electrons. The predicted octanol–water partition coefficient (Wildman–Crippen LogP) is 2.75. The summed E-state index contributed by atoms with van der Waals surface area (Å²) in [7, 11) is 0. The van der Waals surface area contributed by atoms with Crippen molar-refractivity contribution < 1.29 is 28.6 Å². The Bertz CT molecular complexity index is 1840. The summed E-state index contributed by atoms with van der Waals surface area (Å²) >= 11 is 0. The second-order valence-electron chi connectivity index (χ2n) is 8.98. The molecule has 3 heterocycles. The van der Waals surface area contributed by atoms with E-state index < -0.39 is 29.3 Å². The molecule has 4 aliphatic rings. The molecular weight excluding hydrogens is 448 g/mol. The van der Waals surface area contributed by atoms with E-state index in [-0.39, 0.29) is 23.5 Å². The second-order valence-corrected chi connectivity index (χ2v) is 8.98. The normalized spacial score (nSPS) is 21.6. The molecule has 2 N–H and O–H groups in total. The Morgan fingerprint density at radius 2 is 1.60 bits per heavy atom. The van der Waals surface area contributed by atoms with E-state index in [1.165, 1.54) is 18.4 Å². The van der Waals surface area contributed by atoms with E-state index in [4.69, 9.17) is 13.6 Å². The molecular formula is C28H18O7. The highest BCUT2D eigenvalue weighted by atomic mass is 16.5. The van der Waals surface area contributed by atoms with Crippen molar-refractivity contribution in [2.45, 2.75) is 24.5 Å². The van der Waals surface area contributed by atoms with Gasteiger partial charge in [0.2, 0.25) is 0 Å². The number of fused-ring (bicyclic) bond motifs is 6. The number of aromatic hydroxyl groups is 1. The molecule has 0 saturated heterocycles. The summed E-state index contributed by atoms with van der Waals surface area (Å²) in [5.41, 5.74) is 2.11. The van der Waals surface area contributed by atoms with Gasteiger partial charge in [-0.1, -0.05) is 30.3 Å². The average molecular weight is 466 g/mol. The second kappa shape index (κ2) is 7.07. The Hall–Kier alpha value is -4.36. The maximum Gasteiger partial charge on any atom is 0.187 e. The number of aliphatic hydroxyl groups is 1. The van der Waals surface area contributed by atoms with Crippen LogP contribution in [0.4, 0.5) is 0 Å². The Kier molecular flexibility index (Phi) is 4.05. The van der Waals surface area contributed by atoms with Gasteiger partial charge >= 0.3 is 0 Å². The number of ether oxygens (including phenoxy) is 1. The molecule has 1 aromatic heterocycles. The van der Waals surface area contributed by atoms with Gasteiger partial charge in [0.1, 0.15) is 28.1 Å². The van der Waals surface area contributed by atoms with E-state index in [1.54, 1.807) is 24.3 Å². The van der Waals surface area contributed by atoms with Crippen LogP contribution in [0, 0.1) is 0 Å². The number of rotatable bonds is 1. The Balaban J connectivity index is 1.39. The van der Waals surface area contributed by atoms with E-state index in [1.807, 2.05) is 24.3 Å². The molecule has 172 valence electrons. The molecule has 35 heavy (non-hydrogen) atoms. The number of hydrogen-bond donors (Lipinski definition) is 2. The first-order valence-corrected chi connectivity index (χ1v) is 11.3. The summed E-state index contributed by atoms with van der Waals surface area (Å²) in [5.74, 6) is -1.41. The zero-order valence-electron chi connectivity index (χ0n) is 18.2. The van der Waals surface area contributed by atoms with Crippen LogP contribution in [0.25, 0.3) is 45.1 Å². The quantitative estimate of drug-likeness (QED) is 0.366. The summed E-state index contributed by atoms with van der Waals surface area (Å²) in [5, 5.41) is 24.0. The third kappa shape index (κ3) is 2.76. The van der Waals surface area contributed by atoms with Crippen LogP contribution in [-0.4, -0.2) is 28.2 Å². The third-order valence-corrected chi connectivity index (χ3v) is 7.01. The van der Waals surface area contributed by atoms with Gasteiger partial charge in [0.25, 0.3) is 0 Å². The van der Waals surface area contributed by atoms with Gasteiger partial charge in [-0.25, -0.2) is 0 Å². The molecule has 3 unspecified atom stereocenters. The smallest absolute Gasteiger partial charge is 0.187 e. The fraction of sp³-hybridized carbons (Fsp3) is 0.143.